The number of hydrogen-bond donors (Lipinski definition) is 0. The highest BCUT2D eigenvalue weighted by Crippen LogP contribution is 2.29. The summed E-state index contributed by atoms with van der Waals surface area (Å²) in [6, 6.07) is 8.09. The van der Waals surface area contributed by atoms with E-state index >= 15 is 0 Å². The molecule has 0 spiro atoms. The van der Waals surface area contributed by atoms with Crippen LogP contribution >= 0.6 is 11.8 Å². The van der Waals surface area contributed by atoms with Crippen LogP contribution in [0.5, 0.6) is 0 Å². The molecule has 2 aromatic rings. The quantitative estimate of drug-likeness (QED) is 0.848. The molecule has 1 aliphatic rings. The number of benzene rings is 1. The van der Waals surface area contributed by atoms with E-state index in [0.717, 1.165) is 40.0 Å². The predicted octanol–water partition coefficient (Wildman–Crippen LogP) is 3.34. The maximum Gasteiger partial charge on any atom is 0.196 e. The zero-order valence-corrected chi connectivity index (χ0v) is 12.3. The molecule has 102 valence electrons. The van der Waals surface area contributed by atoms with E-state index < -0.39 is 0 Å². The van der Waals surface area contributed by atoms with Gasteiger partial charge >= 0.3 is 0 Å². The smallest absolute Gasteiger partial charge is 0.196 e. The lowest BCUT2D eigenvalue weighted by atomic mass is 10.1. The van der Waals surface area contributed by atoms with Crippen LogP contribution in [-0.4, -0.2) is 14.8 Å². The van der Waals surface area contributed by atoms with Gasteiger partial charge < -0.3 is 4.57 Å². The molecule has 0 aliphatic carbocycles. The summed E-state index contributed by atoms with van der Waals surface area (Å²) in [4.78, 5) is 1.11. The van der Waals surface area contributed by atoms with E-state index in [1.165, 1.54) is 19.3 Å². The van der Waals surface area contributed by atoms with Crippen molar-refractivity contribution in [3.8, 4) is 6.07 Å². The molecular formula is C15H16N4S. The molecule has 0 bridgehead atoms. The first kappa shape index (κ1) is 13.2. The molecule has 0 fully saturated rings. The maximum absolute atomic E-state index is 8.97. The van der Waals surface area contributed by atoms with Crippen molar-refractivity contribution in [2.75, 3.05) is 0 Å². The number of aryl methyl sites for hydroxylation is 2. The number of rotatable bonds is 2. The fourth-order valence-electron chi connectivity index (χ4n) is 2.46. The molecule has 0 atom stereocenters. The average Bonchev–Trinajstić information content (AvgIpc) is 2.68. The van der Waals surface area contributed by atoms with Crippen LogP contribution in [-0.2, 0) is 13.0 Å². The molecule has 0 amide bonds. The second-order valence-electron chi connectivity index (χ2n) is 5.05. The van der Waals surface area contributed by atoms with Gasteiger partial charge in [-0.15, -0.1) is 10.2 Å². The predicted molar refractivity (Wildman–Crippen MR) is 77.6 cm³/mol. The summed E-state index contributed by atoms with van der Waals surface area (Å²) in [5.41, 5.74) is 1.74. The SMILES string of the molecule is Cc1cc(Sc2nnc3n2CCCCC3)ccc1C#N. The van der Waals surface area contributed by atoms with Crippen molar-refractivity contribution in [1.82, 2.24) is 14.8 Å². The Hall–Kier alpha value is -1.80. The number of nitriles is 1. The highest BCUT2D eigenvalue weighted by Gasteiger charge is 2.15. The Bertz CT molecular complexity index is 669. The van der Waals surface area contributed by atoms with Gasteiger partial charge in [-0.1, -0.05) is 6.42 Å². The Morgan fingerprint density at radius 3 is 2.95 bits per heavy atom. The lowest BCUT2D eigenvalue weighted by Gasteiger charge is -2.07. The molecule has 1 aromatic carbocycles. The molecule has 0 radical (unpaired) electrons. The Morgan fingerprint density at radius 1 is 1.25 bits per heavy atom. The maximum atomic E-state index is 8.97. The first-order chi connectivity index (χ1) is 9.78. The van der Waals surface area contributed by atoms with Gasteiger partial charge in [0.1, 0.15) is 5.82 Å². The number of aromatic nitrogens is 3. The summed E-state index contributed by atoms with van der Waals surface area (Å²) in [5.74, 6) is 1.11. The Labute approximate surface area is 122 Å². The second kappa shape index (κ2) is 5.68. The summed E-state index contributed by atoms with van der Waals surface area (Å²) in [5, 5.41) is 18.6. The van der Waals surface area contributed by atoms with Gasteiger partial charge in [0.05, 0.1) is 11.6 Å². The topological polar surface area (TPSA) is 54.5 Å². The molecule has 3 rings (SSSR count). The molecular weight excluding hydrogens is 268 g/mol. The van der Waals surface area contributed by atoms with E-state index in [0.29, 0.717) is 0 Å². The second-order valence-corrected chi connectivity index (χ2v) is 6.09. The van der Waals surface area contributed by atoms with Crippen molar-refractivity contribution in [2.45, 2.75) is 49.2 Å². The summed E-state index contributed by atoms with van der Waals surface area (Å²) in [6.45, 7) is 2.98. The molecule has 2 heterocycles. The lowest BCUT2D eigenvalue weighted by molar-refractivity contribution is 0.591. The fraction of sp³-hybridized carbons (Fsp3) is 0.400. The third kappa shape index (κ3) is 2.56. The van der Waals surface area contributed by atoms with Crippen molar-refractivity contribution in [3.63, 3.8) is 0 Å². The van der Waals surface area contributed by atoms with E-state index in [1.807, 2.05) is 25.1 Å². The third-order valence-corrected chi connectivity index (χ3v) is 4.58. The summed E-state index contributed by atoms with van der Waals surface area (Å²) < 4.78 is 2.24. The minimum Gasteiger partial charge on any atom is -0.306 e. The highest BCUT2D eigenvalue weighted by atomic mass is 32.2. The zero-order valence-electron chi connectivity index (χ0n) is 11.5. The van der Waals surface area contributed by atoms with Crippen LogP contribution < -0.4 is 0 Å². The van der Waals surface area contributed by atoms with E-state index in [1.54, 1.807) is 11.8 Å². The van der Waals surface area contributed by atoms with Crippen LogP contribution in [0.2, 0.25) is 0 Å². The lowest BCUT2D eigenvalue weighted by Crippen LogP contribution is -2.02. The summed E-state index contributed by atoms with van der Waals surface area (Å²) in [7, 11) is 0. The molecule has 20 heavy (non-hydrogen) atoms. The van der Waals surface area contributed by atoms with Gasteiger partial charge in [0.25, 0.3) is 0 Å². The van der Waals surface area contributed by atoms with Gasteiger partial charge in [-0.25, -0.2) is 0 Å². The van der Waals surface area contributed by atoms with Crippen molar-refractivity contribution in [2.24, 2.45) is 0 Å². The van der Waals surface area contributed by atoms with Crippen LogP contribution in [0.4, 0.5) is 0 Å². The average molecular weight is 284 g/mol. The zero-order chi connectivity index (χ0) is 13.9. The van der Waals surface area contributed by atoms with Crippen molar-refractivity contribution < 1.29 is 0 Å². The number of hydrogen-bond acceptors (Lipinski definition) is 4. The van der Waals surface area contributed by atoms with Crippen LogP contribution in [0.3, 0.4) is 0 Å². The third-order valence-electron chi connectivity index (χ3n) is 3.60. The first-order valence-corrected chi connectivity index (χ1v) is 7.70. The van der Waals surface area contributed by atoms with Gasteiger partial charge in [-0.05, 0) is 55.3 Å². The van der Waals surface area contributed by atoms with Gasteiger partial charge in [0.2, 0.25) is 0 Å². The van der Waals surface area contributed by atoms with E-state index in [-0.39, 0.29) is 0 Å². The Kier molecular flexibility index (Phi) is 3.75. The van der Waals surface area contributed by atoms with Gasteiger partial charge in [0.15, 0.2) is 5.16 Å². The summed E-state index contributed by atoms with van der Waals surface area (Å²) in [6.07, 6.45) is 4.70. The Morgan fingerprint density at radius 2 is 2.15 bits per heavy atom. The highest BCUT2D eigenvalue weighted by molar-refractivity contribution is 7.99. The molecule has 1 aromatic heterocycles. The normalized spacial score (nSPS) is 14.4. The van der Waals surface area contributed by atoms with E-state index in [2.05, 4.69) is 20.8 Å². The van der Waals surface area contributed by atoms with Crippen molar-refractivity contribution >= 4 is 11.8 Å². The van der Waals surface area contributed by atoms with Crippen LogP contribution in [0.1, 0.15) is 36.2 Å². The van der Waals surface area contributed by atoms with Gasteiger partial charge in [0, 0.05) is 17.9 Å². The molecule has 0 N–H and O–H groups in total. The first-order valence-electron chi connectivity index (χ1n) is 6.88. The fourth-order valence-corrected chi connectivity index (χ4v) is 3.44. The van der Waals surface area contributed by atoms with E-state index in [4.69, 9.17) is 5.26 Å². The van der Waals surface area contributed by atoms with Crippen LogP contribution in [0.15, 0.2) is 28.3 Å². The van der Waals surface area contributed by atoms with Gasteiger partial charge in [-0.2, -0.15) is 5.26 Å². The Balaban J connectivity index is 1.87. The van der Waals surface area contributed by atoms with E-state index in [9.17, 15) is 0 Å². The molecule has 5 heteroatoms. The standard InChI is InChI=1S/C15H16N4S/c1-11-9-13(7-6-12(11)10-16)20-15-18-17-14-5-3-2-4-8-19(14)15/h6-7,9H,2-5,8H2,1H3. The number of nitrogens with zero attached hydrogens (tertiary/aromatic N) is 4. The molecule has 1 aliphatic heterocycles. The minimum atomic E-state index is 0.731. The molecule has 4 nitrogen and oxygen atoms in total. The minimum absolute atomic E-state index is 0.731. The van der Waals surface area contributed by atoms with Crippen LogP contribution in [0, 0.1) is 18.3 Å². The molecule has 0 saturated carbocycles. The van der Waals surface area contributed by atoms with Crippen molar-refractivity contribution in [3.05, 3.63) is 35.2 Å². The van der Waals surface area contributed by atoms with Gasteiger partial charge in [-0.3, -0.25) is 0 Å². The number of fused-ring (bicyclic) bond motifs is 1. The molecule has 0 saturated heterocycles. The van der Waals surface area contributed by atoms with Crippen LogP contribution in [0.25, 0.3) is 0 Å². The molecule has 0 unspecified atom stereocenters. The summed E-state index contributed by atoms with van der Waals surface area (Å²) >= 11 is 1.63. The monoisotopic (exact) mass is 284 g/mol. The van der Waals surface area contributed by atoms with Crippen molar-refractivity contribution in [1.29, 1.82) is 5.26 Å². The largest absolute Gasteiger partial charge is 0.306 e.